The lowest BCUT2D eigenvalue weighted by molar-refractivity contribution is -0.121. The Labute approximate surface area is 139 Å². The van der Waals surface area contributed by atoms with E-state index in [0.717, 1.165) is 5.56 Å². The summed E-state index contributed by atoms with van der Waals surface area (Å²) in [5, 5.41) is 9.60. The number of carbonyl (C=O) groups excluding carboxylic acids is 2. The smallest absolute Gasteiger partial charge is 0.239 e. The Balaban J connectivity index is 2.01. The number of hydrogen-bond acceptors (Lipinski definition) is 4. The number of nitriles is 1. The van der Waals surface area contributed by atoms with Gasteiger partial charge >= 0.3 is 0 Å². The summed E-state index contributed by atoms with van der Waals surface area (Å²) >= 11 is 0. The van der Waals surface area contributed by atoms with Gasteiger partial charge < -0.3 is 10.5 Å². The van der Waals surface area contributed by atoms with Gasteiger partial charge in [0.15, 0.2) is 11.2 Å². The van der Waals surface area contributed by atoms with Crippen LogP contribution in [0.1, 0.15) is 21.8 Å². The molecule has 0 aliphatic heterocycles. The van der Waals surface area contributed by atoms with Gasteiger partial charge in [0.25, 0.3) is 0 Å². The number of Topliss-reactive ketones (excluding diaryl/α,β-unsaturated/α-hetero) is 1. The van der Waals surface area contributed by atoms with E-state index in [1.54, 1.807) is 61.7 Å². The summed E-state index contributed by atoms with van der Waals surface area (Å²) in [5.74, 6) is -1.65. The molecule has 0 heterocycles. The van der Waals surface area contributed by atoms with Gasteiger partial charge in [0, 0.05) is 11.5 Å². The highest BCUT2D eigenvalue weighted by atomic mass is 16.5. The molecule has 0 unspecified atom stereocenters. The predicted molar refractivity (Wildman–Crippen MR) is 87.2 cm³/mol. The first kappa shape index (κ1) is 15.8. The average Bonchev–Trinajstić information content (AvgIpc) is 3.32. The van der Waals surface area contributed by atoms with Crippen molar-refractivity contribution in [3.8, 4) is 11.8 Å². The first-order valence-electron chi connectivity index (χ1n) is 7.50. The molecule has 0 radical (unpaired) electrons. The monoisotopic (exact) mass is 320 g/mol. The average molecular weight is 320 g/mol. The van der Waals surface area contributed by atoms with Gasteiger partial charge in [-0.15, -0.1) is 0 Å². The van der Waals surface area contributed by atoms with Gasteiger partial charge in [0.2, 0.25) is 5.91 Å². The Morgan fingerprint density at radius 2 is 1.75 bits per heavy atom. The molecular formula is C19H16N2O3. The van der Waals surface area contributed by atoms with Crippen LogP contribution in [-0.4, -0.2) is 18.8 Å². The maximum absolute atomic E-state index is 12.8. The van der Waals surface area contributed by atoms with Crippen LogP contribution in [0.3, 0.4) is 0 Å². The van der Waals surface area contributed by atoms with Crippen molar-refractivity contribution in [2.75, 3.05) is 7.11 Å². The van der Waals surface area contributed by atoms with Crippen LogP contribution in [0.15, 0.2) is 54.6 Å². The number of rotatable bonds is 5. The number of benzene rings is 2. The molecule has 3 rings (SSSR count). The maximum atomic E-state index is 12.8. The molecule has 0 aromatic heterocycles. The lowest BCUT2D eigenvalue weighted by Gasteiger charge is -2.04. The molecular weight excluding hydrogens is 304 g/mol. The SMILES string of the molecule is COc1ccc([C@H]2[C@@H](C(=O)c3ccccc3)[C@]2(C#N)C(N)=O)cc1. The molecule has 24 heavy (non-hydrogen) atoms. The summed E-state index contributed by atoms with van der Waals surface area (Å²) in [6.07, 6.45) is 0. The molecule has 0 saturated heterocycles. The minimum atomic E-state index is -1.50. The van der Waals surface area contributed by atoms with Crippen molar-refractivity contribution in [3.05, 3.63) is 65.7 Å². The topological polar surface area (TPSA) is 93.2 Å². The van der Waals surface area contributed by atoms with Crippen LogP contribution in [-0.2, 0) is 4.79 Å². The fourth-order valence-corrected chi connectivity index (χ4v) is 3.30. The first-order chi connectivity index (χ1) is 11.6. The fourth-order valence-electron chi connectivity index (χ4n) is 3.30. The van der Waals surface area contributed by atoms with E-state index in [0.29, 0.717) is 11.3 Å². The second-order valence-corrected chi connectivity index (χ2v) is 5.80. The fraction of sp³-hybridized carbons (Fsp3) is 0.211. The molecule has 1 aliphatic carbocycles. The van der Waals surface area contributed by atoms with Crippen LogP contribution in [0.25, 0.3) is 0 Å². The molecule has 1 amide bonds. The van der Waals surface area contributed by atoms with E-state index in [9.17, 15) is 14.9 Å². The number of carbonyl (C=O) groups is 2. The zero-order chi connectivity index (χ0) is 17.3. The van der Waals surface area contributed by atoms with Crippen LogP contribution in [0.2, 0.25) is 0 Å². The molecule has 1 aliphatic rings. The number of amides is 1. The normalized spacial score (nSPS) is 24.7. The molecule has 2 aromatic carbocycles. The number of nitrogens with two attached hydrogens (primary N) is 1. The van der Waals surface area contributed by atoms with Crippen molar-refractivity contribution in [1.82, 2.24) is 0 Å². The molecule has 0 bridgehead atoms. The Morgan fingerprint density at radius 3 is 2.25 bits per heavy atom. The minimum absolute atomic E-state index is 0.239. The highest BCUT2D eigenvalue weighted by Gasteiger charge is 2.73. The highest BCUT2D eigenvalue weighted by Crippen LogP contribution is 2.65. The second-order valence-electron chi connectivity index (χ2n) is 5.80. The van der Waals surface area contributed by atoms with Crippen molar-refractivity contribution in [3.63, 3.8) is 0 Å². The molecule has 5 nitrogen and oxygen atoms in total. The van der Waals surface area contributed by atoms with Crippen LogP contribution in [0.5, 0.6) is 5.75 Å². The summed E-state index contributed by atoms with van der Waals surface area (Å²) in [4.78, 5) is 24.8. The number of nitrogens with zero attached hydrogens (tertiary/aromatic N) is 1. The zero-order valence-corrected chi connectivity index (χ0v) is 13.1. The van der Waals surface area contributed by atoms with E-state index in [4.69, 9.17) is 10.5 Å². The van der Waals surface area contributed by atoms with E-state index in [1.807, 2.05) is 6.07 Å². The summed E-state index contributed by atoms with van der Waals surface area (Å²) < 4.78 is 5.12. The predicted octanol–water partition coefficient (Wildman–Crippen LogP) is 2.29. The van der Waals surface area contributed by atoms with Crippen molar-refractivity contribution in [2.45, 2.75) is 5.92 Å². The summed E-state index contributed by atoms with van der Waals surface area (Å²) in [6, 6.07) is 17.6. The number of methoxy groups -OCH3 is 1. The lowest BCUT2D eigenvalue weighted by atomic mass is 9.98. The highest BCUT2D eigenvalue weighted by molar-refractivity contribution is 6.08. The zero-order valence-electron chi connectivity index (χ0n) is 13.1. The Bertz CT molecular complexity index is 824. The van der Waals surface area contributed by atoms with E-state index < -0.39 is 23.2 Å². The molecule has 5 heteroatoms. The van der Waals surface area contributed by atoms with Gasteiger partial charge in [-0.3, -0.25) is 9.59 Å². The summed E-state index contributed by atoms with van der Waals surface area (Å²) in [5.41, 5.74) is 5.20. The van der Waals surface area contributed by atoms with Crippen LogP contribution in [0, 0.1) is 22.7 Å². The van der Waals surface area contributed by atoms with Gasteiger partial charge in [0.1, 0.15) is 5.75 Å². The van der Waals surface area contributed by atoms with Crippen LogP contribution >= 0.6 is 0 Å². The Kier molecular flexibility index (Phi) is 3.82. The molecule has 2 aromatic rings. The molecule has 120 valence electrons. The van der Waals surface area contributed by atoms with Crippen molar-refractivity contribution < 1.29 is 14.3 Å². The quantitative estimate of drug-likeness (QED) is 0.855. The third-order valence-corrected chi connectivity index (χ3v) is 4.61. The van der Waals surface area contributed by atoms with E-state index in [-0.39, 0.29) is 5.78 Å². The third kappa shape index (κ3) is 2.24. The third-order valence-electron chi connectivity index (χ3n) is 4.61. The largest absolute Gasteiger partial charge is 0.497 e. The Morgan fingerprint density at radius 1 is 1.12 bits per heavy atom. The van der Waals surface area contributed by atoms with Crippen molar-refractivity contribution in [2.24, 2.45) is 17.1 Å². The summed E-state index contributed by atoms with van der Waals surface area (Å²) in [6.45, 7) is 0. The van der Waals surface area contributed by atoms with Crippen LogP contribution < -0.4 is 10.5 Å². The second kappa shape index (κ2) is 5.82. The number of ether oxygens (including phenoxy) is 1. The van der Waals surface area contributed by atoms with Gasteiger partial charge in [-0.1, -0.05) is 42.5 Å². The standard InChI is InChI=1S/C19H16N2O3/c1-24-14-9-7-12(8-10-14)15-16(19(15,11-20)18(21)23)17(22)13-5-3-2-4-6-13/h2-10,15-16H,1H3,(H2,21,23)/t15-,16-,19+/m0/s1. The van der Waals surface area contributed by atoms with Crippen molar-refractivity contribution in [1.29, 1.82) is 5.26 Å². The molecule has 0 spiro atoms. The number of ketones is 1. The summed E-state index contributed by atoms with van der Waals surface area (Å²) in [7, 11) is 1.55. The number of hydrogen-bond donors (Lipinski definition) is 1. The van der Waals surface area contributed by atoms with E-state index in [1.165, 1.54) is 0 Å². The Hall–Kier alpha value is -3.13. The van der Waals surface area contributed by atoms with Gasteiger partial charge in [-0.2, -0.15) is 5.26 Å². The van der Waals surface area contributed by atoms with E-state index in [2.05, 4.69) is 0 Å². The molecule has 1 fully saturated rings. The minimum Gasteiger partial charge on any atom is -0.497 e. The maximum Gasteiger partial charge on any atom is 0.239 e. The molecule has 3 atom stereocenters. The van der Waals surface area contributed by atoms with E-state index >= 15 is 0 Å². The van der Waals surface area contributed by atoms with Gasteiger partial charge in [-0.05, 0) is 17.7 Å². The van der Waals surface area contributed by atoms with Gasteiger partial charge in [0.05, 0.1) is 19.1 Å². The first-order valence-corrected chi connectivity index (χ1v) is 7.50. The van der Waals surface area contributed by atoms with Gasteiger partial charge in [-0.25, -0.2) is 0 Å². The number of primary amides is 1. The molecule has 2 N–H and O–H groups in total. The van der Waals surface area contributed by atoms with Crippen molar-refractivity contribution >= 4 is 11.7 Å². The molecule has 1 saturated carbocycles. The lowest BCUT2D eigenvalue weighted by Crippen LogP contribution is -2.27. The van der Waals surface area contributed by atoms with Crippen LogP contribution in [0.4, 0.5) is 0 Å².